The number of esters is 1. The molecule has 2 unspecified atom stereocenters. The number of hydrogen-bond acceptors (Lipinski definition) is 4. The normalized spacial score (nSPS) is 23.1. The molecule has 1 heterocycles. The average Bonchev–Trinajstić information content (AvgIpc) is 2.64. The summed E-state index contributed by atoms with van der Waals surface area (Å²) < 4.78 is 4.79. The van der Waals surface area contributed by atoms with Gasteiger partial charge in [-0.1, -0.05) is 36.4 Å². The number of carbonyl (C=O) groups excluding carboxylic acids is 2. The molecule has 1 fully saturated rings. The fourth-order valence-electron chi connectivity index (χ4n) is 1.99. The number of aliphatic hydroxyl groups is 1. The Labute approximate surface area is 111 Å². The van der Waals surface area contributed by atoms with Gasteiger partial charge in [0.05, 0.1) is 0 Å². The lowest BCUT2D eigenvalue weighted by atomic mass is 10.1. The van der Waals surface area contributed by atoms with E-state index in [4.69, 9.17) is 9.84 Å². The number of benzene rings is 1. The van der Waals surface area contributed by atoms with Crippen LogP contribution in [0.2, 0.25) is 0 Å². The Bertz CT molecular complexity index is 519. The van der Waals surface area contributed by atoms with Gasteiger partial charge < -0.3 is 9.84 Å². The van der Waals surface area contributed by atoms with Crippen molar-refractivity contribution in [3.63, 3.8) is 0 Å². The smallest absolute Gasteiger partial charge is 0.343 e. The fourth-order valence-corrected chi connectivity index (χ4v) is 1.99. The maximum Gasteiger partial charge on any atom is 0.343 e. The van der Waals surface area contributed by atoms with Crippen LogP contribution < -0.4 is 0 Å². The molecule has 1 aliphatic rings. The summed E-state index contributed by atoms with van der Waals surface area (Å²) in [5.41, 5.74) is 2.30. The molecular weight excluding hydrogens is 244 g/mol. The van der Waals surface area contributed by atoms with E-state index in [1.807, 2.05) is 43.3 Å². The average molecular weight is 260 g/mol. The minimum Gasteiger partial charge on any atom is -0.452 e. The van der Waals surface area contributed by atoms with Crippen molar-refractivity contribution in [3.05, 3.63) is 41.5 Å². The number of carbonyl (C=O) groups is 2. The lowest BCUT2D eigenvalue weighted by Crippen LogP contribution is -2.24. The molecule has 0 aliphatic carbocycles. The third-order valence-electron chi connectivity index (χ3n) is 3.15. The van der Waals surface area contributed by atoms with Crippen molar-refractivity contribution in [2.24, 2.45) is 0 Å². The van der Waals surface area contributed by atoms with E-state index in [0.29, 0.717) is 12.8 Å². The van der Waals surface area contributed by atoms with Crippen LogP contribution in [0.25, 0.3) is 6.08 Å². The molecule has 1 aromatic rings. The SMILES string of the molecule is Cc1ccccc1C=CCCC1OC(=O)C(O)C1=O. The van der Waals surface area contributed by atoms with Crippen LogP contribution in [0.3, 0.4) is 0 Å². The number of rotatable bonds is 4. The number of ether oxygens (including phenoxy) is 1. The molecule has 0 spiro atoms. The molecule has 0 amide bonds. The van der Waals surface area contributed by atoms with Gasteiger partial charge in [-0.15, -0.1) is 0 Å². The van der Waals surface area contributed by atoms with Crippen LogP contribution in [-0.2, 0) is 14.3 Å². The number of hydrogen-bond donors (Lipinski definition) is 1. The fraction of sp³-hybridized carbons (Fsp3) is 0.333. The monoisotopic (exact) mass is 260 g/mol. The highest BCUT2D eigenvalue weighted by Gasteiger charge is 2.41. The van der Waals surface area contributed by atoms with E-state index in [0.717, 1.165) is 5.56 Å². The van der Waals surface area contributed by atoms with Crippen molar-refractivity contribution in [3.8, 4) is 0 Å². The molecule has 0 bridgehead atoms. The highest BCUT2D eigenvalue weighted by Crippen LogP contribution is 2.17. The van der Waals surface area contributed by atoms with E-state index in [-0.39, 0.29) is 0 Å². The predicted octanol–water partition coefficient (Wildman–Crippen LogP) is 1.64. The Morgan fingerprint density at radius 1 is 1.32 bits per heavy atom. The van der Waals surface area contributed by atoms with Crippen LogP contribution in [0.1, 0.15) is 24.0 Å². The highest BCUT2D eigenvalue weighted by molar-refractivity contribution is 6.08. The third-order valence-corrected chi connectivity index (χ3v) is 3.15. The molecular formula is C15H16O4. The summed E-state index contributed by atoms with van der Waals surface area (Å²) in [5.74, 6) is -1.37. The first kappa shape index (κ1) is 13.5. The van der Waals surface area contributed by atoms with Crippen LogP contribution in [0.4, 0.5) is 0 Å². The summed E-state index contributed by atoms with van der Waals surface area (Å²) in [4.78, 5) is 22.4. The molecule has 0 saturated carbocycles. The molecule has 2 atom stereocenters. The zero-order valence-electron chi connectivity index (χ0n) is 10.7. The highest BCUT2D eigenvalue weighted by atomic mass is 16.6. The van der Waals surface area contributed by atoms with E-state index in [1.165, 1.54) is 5.56 Å². The second-order valence-corrected chi connectivity index (χ2v) is 4.57. The van der Waals surface area contributed by atoms with Crippen LogP contribution in [0.15, 0.2) is 30.3 Å². The van der Waals surface area contributed by atoms with Crippen molar-refractivity contribution < 1.29 is 19.4 Å². The Kier molecular flexibility index (Phi) is 4.12. The molecule has 1 N–H and O–H groups in total. The molecule has 2 rings (SSSR count). The molecule has 4 nitrogen and oxygen atoms in total. The molecule has 0 aromatic heterocycles. The van der Waals surface area contributed by atoms with E-state index in [1.54, 1.807) is 0 Å². The minimum absolute atomic E-state index is 0.407. The summed E-state index contributed by atoms with van der Waals surface area (Å²) >= 11 is 0. The molecule has 0 radical (unpaired) electrons. The van der Waals surface area contributed by atoms with E-state index < -0.39 is 24.0 Å². The molecule has 100 valence electrons. The number of aryl methyl sites for hydroxylation is 1. The quantitative estimate of drug-likeness (QED) is 0.660. The second-order valence-electron chi connectivity index (χ2n) is 4.57. The minimum atomic E-state index is -1.59. The third kappa shape index (κ3) is 3.09. The maximum absolute atomic E-state index is 11.4. The number of allylic oxidation sites excluding steroid dienone is 1. The number of Topliss-reactive ketones (excluding diaryl/α,β-unsaturated/α-hetero) is 1. The van der Waals surface area contributed by atoms with Crippen molar-refractivity contribution in [2.75, 3.05) is 0 Å². The van der Waals surface area contributed by atoms with Gasteiger partial charge in [0.25, 0.3) is 0 Å². The number of ketones is 1. The van der Waals surface area contributed by atoms with Crippen LogP contribution in [-0.4, -0.2) is 29.1 Å². The van der Waals surface area contributed by atoms with Gasteiger partial charge in [-0.25, -0.2) is 4.79 Å². The lowest BCUT2D eigenvalue weighted by molar-refractivity contribution is -0.147. The Balaban J connectivity index is 1.86. The zero-order chi connectivity index (χ0) is 13.8. The van der Waals surface area contributed by atoms with Crippen molar-refractivity contribution in [2.45, 2.75) is 32.0 Å². The first-order valence-corrected chi connectivity index (χ1v) is 6.24. The van der Waals surface area contributed by atoms with Crippen LogP contribution >= 0.6 is 0 Å². The molecule has 1 aromatic carbocycles. The van der Waals surface area contributed by atoms with Gasteiger partial charge in [0.1, 0.15) is 0 Å². The maximum atomic E-state index is 11.4. The summed E-state index contributed by atoms with van der Waals surface area (Å²) in [5, 5.41) is 9.17. The molecule has 19 heavy (non-hydrogen) atoms. The topological polar surface area (TPSA) is 63.6 Å². The molecule has 1 aliphatic heterocycles. The Morgan fingerprint density at radius 3 is 2.68 bits per heavy atom. The van der Waals surface area contributed by atoms with Gasteiger partial charge in [0.2, 0.25) is 11.9 Å². The summed E-state index contributed by atoms with van der Waals surface area (Å²) in [6, 6.07) is 7.98. The second kappa shape index (κ2) is 5.80. The Morgan fingerprint density at radius 2 is 2.05 bits per heavy atom. The largest absolute Gasteiger partial charge is 0.452 e. The summed E-state index contributed by atoms with van der Waals surface area (Å²) in [6.07, 6.45) is 2.55. The van der Waals surface area contributed by atoms with Gasteiger partial charge >= 0.3 is 5.97 Å². The van der Waals surface area contributed by atoms with Gasteiger partial charge in [0.15, 0.2) is 6.10 Å². The van der Waals surface area contributed by atoms with E-state index >= 15 is 0 Å². The van der Waals surface area contributed by atoms with Gasteiger partial charge in [0, 0.05) is 0 Å². The van der Waals surface area contributed by atoms with Crippen molar-refractivity contribution in [1.82, 2.24) is 0 Å². The first-order valence-electron chi connectivity index (χ1n) is 6.24. The molecule has 4 heteroatoms. The van der Waals surface area contributed by atoms with Crippen LogP contribution in [0, 0.1) is 6.92 Å². The van der Waals surface area contributed by atoms with E-state index in [2.05, 4.69) is 0 Å². The number of cyclic esters (lactones) is 1. The summed E-state index contributed by atoms with van der Waals surface area (Å²) in [6.45, 7) is 2.03. The molecule has 1 saturated heterocycles. The van der Waals surface area contributed by atoms with Gasteiger partial charge in [-0.05, 0) is 30.9 Å². The van der Waals surface area contributed by atoms with E-state index in [9.17, 15) is 9.59 Å². The number of aliphatic hydroxyl groups excluding tert-OH is 1. The van der Waals surface area contributed by atoms with Crippen molar-refractivity contribution in [1.29, 1.82) is 0 Å². The predicted molar refractivity (Wildman–Crippen MR) is 70.3 cm³/mol. The van der Waals surface area contributed by atoms with Gasteiger partial charge in [-0.3, -0.25) is 4.79 Å². The zero-order valence-corrected chi connectivity index (χ0v) is 10.7. The van der Waals surface area contributed by atoms with Crippen molar-refractivity contribution >= 4 is 17.8 Å². The lowest BCUT2D eigenvalue weighted by Gasteiger charge is -2.04. The standard InChI is InChI=1S/C15H16O4/c1-10-6-2-3-7-11(10)8-4-5-9-12-13(16)14(17)15(18)19-12/h2-4,6-8,12,14,17H,5,9H2,1H3. The Hall–Kier alpha value is -1.94. The first-order chi connectivity index (χ1) is 9.09. The van der Waals surface area contributed by atoms with Gasteiger partial charge in [-0.2, -0.15) is 0 Å². The summed E-state index contributed by atoms with van der Waals surface area (Å²) in [7, 11) is 0. The van der Waals surface area contributed by atoms with Crippen LogP contribution in [0.5, 0.6) is 0 Å².